The summed E-state index contributed by atoms with van der Waals surface area (Å²) in [6.45, 7) is 10.8. The van der Waals surface area contributed by atoms with Crippen LogP contribution in [0.15, 0.2) is 0 Å². The fourth-order valence-corrected chi connectivity index (χ4v) is 2.26. The summed E-state index contributed by atoms with van der Waals surface area (Å²) >= 11 is 0. The van der Waals surface area contributed by atoms with E-state index in [1.807, 2.05) is 0 Å². The first-order valence-corrected chi connectivity index (χ1v) is 7.12. The van der Waals surface area contributed by atoms with Crippen molar-refractivity contribution in [1.29, 1.82) is 0 Å². The Balaban J connectivity index is 1.95. The molecule has 3 heteroatoms. The summed E-state index contributed by atoms with van der Waals surface area (Å²) in [6, 6.07) is 0. The number of nitrogens with zero attached hydrogens (tertiary/aromatic N) is 2. The van der Waals surface area contributed by atoms with Gasteiger partial charge in [-0.3, -0.25) is 0 Å². The standard InChI is InChI=1S/C15H25N3/c1-10(2)9-16-8-7-14-11(3)17-15(13-5-6-13)18-12(14)4/h10,13,16H,5-9H2,1-4H3. The van der Waals surface area contributed by atoms with E-state index in [-0.39, 0.29) is 0 Å². The van der Waals surface area contributed by atoms with Gasteiger partial charge >= 0.3 is 0 Å². The number of aryl methyl sites for hydroxylation is 2. The minimum atomic E-state index is 0.649. The molecule has 1 aromatic heterocycles. The van der Waals surface area contributed by atoms with Crippen LogP contribution in [0.3, 0.4) is 0 Å². The minimum Gasteiger partial charge on any atom is -0.316 e. The molecule has 1 N–H and O–H groups in total. The maximum Gasteiger partial charge on any atom is 0.131 e. The highest BCUT2D eigenvalue weighted by Gasteiger charge is 2.27. The zero-order valence-corrected chi connectivity index (χ0v) is 12.1. The number of nitrogens with one attached hydrogen (secondary N) is 1. The molecule has 0 aliphatic heterocycles. The molecule has 2 rings (SSSR count). The van der Waals surface area contributed by atoms with Gasteiger partial charge in [0.2, 0.25) is 0 Å². The van der Waals surface area contributed by atoms with Crippen LogP contribution in [-0.2, 0) is 6.42 Å². The Bertz CT molecular complexity index is 385. The van der Waals surface area contributed by atoms with E-state index >= 15 is 0 Å². The summed E-state index contributed by atoms with van der Waals surface area (Å²) < 4.78 is 0. The molecular weight excluding hydrogens is 222 g/mol. The van der Waals surface area contributed by atoms with Crippen LogP contribution in [0.4, 0.5) is 0 Å². The van der Waals surface area contributed by atoms with Gasteiger partial charge < -0.3 is 5.32 Å². The molecule has 1 heterocycles. The minimum absolute atomic E-state index is 0.649. The van der Waals surface area contributed by atoms with Gasteiger partial charge in [-0.2, -0.15) is 0 Å². The van der Waals surface area contributed by atoms with Gasteiger partial charge in [-0.05, 0) is 57.7 Å². The van der Waals surface area contributed by atoms with Gasteiger partial charge in [0, 0.05) is 17.3 Å². The van der Waals surface area contributed by atoms with E-state index < -0.39 is 0 Å². The molecule has 1 fully saturated rings. The van der Waals surface area contributed by atoms with Crippen LogP contribution in [0.2, 0.25) is 0 Å². The Hall–Kier alpha value is -0.960. The second-order valence-corrected chi connectivity index (χ2v) is 5.85. The van der Waals surface area contributed by atoms with Crippen LogP contribution in [0, 0.1) is 19.8 Å². The van der Waals surface area contributed by atoms with Crippen LogP contribution >= 0.6 is 0 Å². The predicted molar refractivity (Wildman–Crippen MR) is 74.9 cm³/mol. The molecule has 0 amide bonds. The van der Waals surface area contributed by atoms with Crippen molar-refractivity contribution < 1.29 is 0 Å². The van der Waals surface area contributed by atoms with Crippen LogP contribution in [0.25, 0.3) is 0 Å². The number of hydrogen-bond donors (Lipinski definition) is 1. The zero-order chi connectivity index (χ0) is 13.1. The summed E-state index contributed by atoms with van der Waals surface area (Å²) in [5.74, 6) is 2.43. The quantitative estimate of drug-likeness (QED) is 0.785. The van der Waals surface area contributed by atoms with Crippen molar-refractivity contribution in [2.45, 2.75) is 52.9 Å². The Labute approximate surface area is 110 Å². The van der Waals surface area contributed by atoms with Gasteiger partial charge in [-0.15, -0.1) is 0 Å². The fraction of sp³-hybridized carbons (Fsp3) is 0.733. The van der Waals surface area contributed by atoms with E-state index in [0.717, 1.165) is 25.3 Å². The maximum atomic E-state index is 4.67. The van der Waals surface area contributed by atoms with Crippen molar-refractivity contribution in [1.82, 2.24) is 15.3 Å². The van der Waals surface area contributed by atoms with Gasteiger partial charge in [-0.25, -0.2) is 9.97 Å². The van der Waals surface area contributed by atoms with Crippen molar-refractivity contribution in [3.63, 3.8) is 0 Å². The van der Waals surface area contributed by atoms with E-state index in [1.54, 1.807) is 0 Å². The molecule has 1 aliphatic carbocycles. The second-order valence-electron chi connectivity index (χ2n) is 5.85. The topological polar surface area (TPSA) is 37.8 Å². The molecule has 0 saturated heterocycles. The second kappa shape index (κ2) is 5.79. The van der Waals surface area contributed by atoms with E-state index in [1.165, 1.54) is 29.8 Å². The predicted octanol–water partition coefficient (Wildman–Crippen LogP) is 2.76. The molecule has 0 atom stereocenters. The molecule has 0 spiro atoms. The van der Waals surface area contributed by atoms with Gasteiger partial charge in [0.25, 0.3) is 0 Å². The monoisotopic (exact) mass is 247 g/mol. The van der Waals surface area contributed by atoms with Crippen LogP contribution < -0.4 is 5.32 Å². The van der Waals surface area contributed by atoms with Gasteiger partial charge in [0.05, 0.1) is 0 Å². The van der Waals surface area contributed by atoms with Gasteiger partial charge in [0.15, 0.2) is 0 Å². The van der Waals surface area contributed by atoms with Crippen molar-refractivity contribution in [2.75, 3.05) is 13.1 Å². The Kier molecular flexibility index (Phi) is 4.33. The third kappa shape index (κ3) is 3.52. The van der Waals surface area contributed by atoms with E-state index in [0.29, 0.717) is 11.8 Å². The van der Waals surface area contributed by atoms with Crippen LogP contribution in [0.1, 0.15) is 55.4 Å². The molecule has 3 nitrogen and oxygen atoms in total. The van der Waals surface area contributed by atoms with Gasteiger partial charge in [0.1, 0.15) is 5.82 Å². The Morgan fingerprint density at radius 3 is 2.28 bits per heavy atom. The number of hydrogen-bond acceptors (Lipinski definition) is 3. The van der Waals surface area contributed by atoms with Crippen molar-refractivity contribution >= 4 is 0 Å². The normalized spacial score (nSPS) is 15.4. The largest absolute Gasteiger partial charge is 0.316 e. The highest BCUT2D eigenvalue weighted by Crippen LogP contribution is 2.38. The Morgan fingerprint density at radius 2 is 1.78 bits per heavy atom. The lowest BCUT2D eigenvalue weighted by Crippen LogP contribution is -2.23. The molecule has 0 aromatic carbocycles. The summed E-state index contributed by atoms with van der Waals surface area (Å²) in [6.07, 6.45) is 3.58. The highest BCUT2D eigenvalue weighted by molar-refractivity contribution is 5.26. The molecule has 1 aromatic rings. The molecule has 0 unspecified atom stereocenters. The van der Waals surface area contributed by atoms with Crippen LogP contribution in [-0.4, -0.2) is 23.1 Å². The average Bonchev–Trinajstić information content (AvgIpc) is 3.10. The van der Waals surface area contributed by atoms with Crippen molar-refractivity contribution in [3.8, 4) is 0 Å². The molecule has 0 radical (unpaired) electrons. The molecular formula is C15H25N3. The highest BCUT2D eigenvalue weighted by atomic mass is 14.9. The fourth-order valence-electron chi connectivity index (χ4n) is 2.26. The molecule has 18 heavy (non-hydrogen) atoms. The lowest BCUT2D eigenvalue weighted by atomic mass is 10.1. The molecule has 100 valence electrons. The summed E-state index contributed by atoms with van der Waals surface area (Å²) in [4.78, 5) is 9.34. The number of aromatic nitrogens is 2. The van der Waals surface area contributed by atoms with Crippen molar-refractivity contribution in [3.05, 3.63) is 22.8 Å². The van der Waals surface area contributed by atoms with Gasteiger partial charge in [-0.1, -0.05) is 13.8 Å². The summed E-state index contributed by atoms with van der Waals surface area (Å²) in [5.41, 5.74) is 3.68. The zero-order valence-electron chi connectivity index (χ0n) is 12.1. The molecule has 1 aliphatic rings. The molecule has 1 saturated carbocycles. The first-order valence-electron chi connectivity index (χ1n) is 7.12. The summed E-state index contributed by atoms with van der Waals surface area (Å²) in [7, 11) is 0. The SMILES string of the molecule is Cc1nc(C2CC2)nc(C)c1CCNCC(C)C. The molecule has 0 bridgehead atoms. The number of rotatable bonds is 6. The van der Waals surface area contributed by atoms with E-state index in [9.17, 15) is 0 Å². The van der Waals surface area contributed by atoms with E-state index in [2.05, 4.69) is 43.0 Å². The summed E-state index contributed by atoms with van der Waals surface area (Å²) in [5, 5.41) is 3.48. The third-order valence-electron chi connectivity index (χ3n) is 3.48. The lowest BCUT2D eigenvalue weighted by Gasteiger charge is -2.12. The van der Waals surface area contributed by atoms with Crippen molar-refractivity contribution in [2.24, 2.45) is 5.92 Å². The third-order valence-corrected chi connectivity index (χ3v) is 3.48. The van der Waals surface area contributed by atoms with Crippen LogP contribution in [0.5, 0.6) is 0 Å². The average molecular weight is 247 g/mol. The maximum absolute atomic E-state index is 4.67. The smallest absolute Gasteiger partial charge is 0.131 e. The first-order chi connectivity index (χ1) is 8.58. The first kappa shape index (κ1) is 13.5. The van der Waals surface area contributed by atoms with E-state index in [4.69, 9.17) is 0 Å². The lowest BCUT2D eigenvalue weighted by molar-refractivity contribution is 0.553. The Morgan fingerprint density at radius 1 is 1.17 bits per heavy atom.